The number of amides is 2. The van der Waals surface area contributed by atoms with Gasteiger partial charge in [-0.25, -0.2) is 22.1 Å². The fourth-order valence-corrected chi connectivity index (χ4v) is 6.61. The highest BCUT2D eigenvalue weighted by molar-refractivity contribution is 7.90. The van der Waals surface area contributed by atoms with Gasteiger partial charge in [0.05, 0.1) is 29.5 Å². The van der Waals surface area contributed by atoms with Crippen molar-refractivity contribution in [2.45, 2.75) is 38.4 Å². The van der Waals surface area contributed by atoms with Gasteiger partial charge < -0.3 is 14.8 Å². The lowest BCUT2D eigenvalue weighted by atomic mass is 10.00. The van der Waals surface area contributed by atoms with Gasteiger partial charge in [-0.3, -0.25) is 9.59 Å². The summed E-state index contributed by atoms with van der Waals surface area (Å²) in [6.07, 6.45) is 1.30. The van der Waals surface area contributed by atoms with Crippen LogP contribution in [0, 0.1) is 5.82 Å². The number of rotatable bonds is 10. The molecular weight excluding hydrogens is 509 g/mol. The predicted molar refractivity (Wildman–Crippen MR) is 133 cm³/mol. The van der Waals surface area contributed by atoms with Crippen LogP contribution in [0.15, 0.2) is 30.3 Å². The van der Waals surface area contributed by atoms with Crippen LogP contribution in [-0.2, 0) is 35.8 Å². The number of nitrogens with zero attached hydrogens (tertiary/aromatic N) is 2. The number of methoxy groups -OCH3 is 1. The third-order valence-corrected chi connectivity index (χ3v) is 9.52. The minimum absolute atomic E-state index is 0.0117. The maximum atomic E-state index is 15.1. The normalized spacial score (nSPS) is 15.1. The number of halogens is 1. The molecule has 2 heterocycles. The number of thiazole rings is 1. The quantitative estimate of drug-likeness (QED) is 0.397. The van der Waals surface area contributed by atoms with Crippen molar-refractivity contribution in [1.29, 1.82) is 0 Å². The summed E-state index contributed by atoms with van der Waals surface area (Å²) in [6.45, 7) is 4.97. The molecule has 2 amide bonds. The second-order valence-corrected chi connectivity index (χ2v) is 11.8. The van der Waals surface area contributed by atoms with E-state index in [1.165, 1.54) is 32.6 Å². The Morgan fingerprint density at radius 3 is 2.69 bits per heavy atom. The molecule has 1 aliphatic heterocycles. The van der Waals surface area contributed by atoms with Crippen molar-refractivity contribution < 1.29 is 31.9 Å². The molecule has 1 unspecified atom stereocenters. The van der Waals surface area contributed by atoms with E-state index in [0.717, 1.165) is 16.9 Å². The number of hydrogen-bond donors (Lipinski definition) is 1. The van der Waals surface area contributed by atoms with Gasteiger partial charge in [0.25, 0.3) is 15.9 Å². The average molecular weight is 535 g/mol. The van der Waals surface area contributed by atoms with Gasteiger partial charge in [-0.1, -0.05) is 6.07 Å². The maximum Gasteiger partial charge on any atom is 0.326 e. The molecule has 4 rings (SSSR count). The highest BCUT2D eigenvalue weighted by Crippen LogP contribution is 2.40. The van der Waals surface area contributed by atoms with E-state index in [1.54, 1.807) is 32.0 Å². The van der Waals surface area contributed by atoms with Crippen molar-refractivity contribution in [3.05, 3.63) is 52.3 Å². The molecule has 0 spiro atoms. The Morgan fingerprint density at radius 1 is 1.28 bits per heavy atom. The van der Waals surface area contributed by atoms with Crippen LogP contribution < -0.4 is 5.32 Å². The first kappa shape index (κ1) is 26.1. The fourth-order valence-electron chi connectivity index (χ4n) is 3.86. The van der Waals surface area contributed by atoms with E-state index in [9.17, 15) is 18.0 Å². The number of aromatic nitrogens is 1. The summed E-state index contributed by atoms with van der Waals surface area (Å²) in [7, 11) is -3.23. The van der Waals surface area contributed by atoms with Gasteiger partial charge in [-0.15, -0.1) is 11.3 Å². The van der Waals surface area contributed by atoms with Crippen LogP contribution >= 0.6 is 11.3 Å². The molecule has 12 heteroatoms. The van der Waals surface area contributed by atoms with Crippen LogP contribution in [0.25, 0.3) is 21.3 Å². The van der Waals surface area contributed by atoms with Crippen LogP contribution in [0.1, 0.15) is 41.7 Å². The van der Waals surface area contributed by atoms with E-state index in [-0.39, 0.29) is 35.7 Å². The molecule has 1 aliphatic rings. The molecule has 0 saturated carbocycles. The molecular formula is C24H25FN3O6S2. The summed E-state index contributed by atoms with van der Waals surface area (Å²) in [6, 6.07) is 7.85. The number of carbonyl (C=O) groups excluding carboxylic acids is 2. The highest BCUT2D eigenvalue weighted by Gasteiger charge is 2.48. The summed E-state index contributed by atoms with van der Waals surface area (Å²) in [5.74, 6) is -0.695. The van der Waals surface area contributed by atoms with Crippen molar-refractivity contribution >= 4 is 43.9 Å². The lowest BCUT2D eigenvalue weighted by Crippen LogP contribution is -2.46. The zero-order chi connectivity index (χ0) is 26.3. The molecule has 0 fully saturated rings. The first-order valence-electron chi connectivity index (χ1n) is 11.1. The molecule has 0 bridgehead atoms. The molecule has 0 aliphatic carbocycles. The SMILES string of the molecule is COC(C)(c1nc2cc(-c3ccc4c(c3)CNC4=O)c(F)cc2s1)S(=O)(=O)N([C]=O)CCOC(C)C. The molecule has 9 nitrogen and oxygen atoms in total. The Kier molecular flexibility index (Phi) is 7.15. The third kappa shape index (κ3) is 4.49. The third-order valence-electron chi connectivity index (χ3n) is 5.99. The van der Waals surface area contributed by atoms with E-state index in [2.05, 4.69) is 10.3 Å². The molecule has 1 atom stereocenters. The number of ether oxygens (including phenoxy) is 2. The van der Waals surface area contributed by atoms with Gasteiger partial charge in [0.2, 0.25) is 4.93 Å². The smallest absolute Gasteiger partial charge is 0.326 e. The minimum Gasteiger partial charge on any atom is -0.377 e. The summed E-state index contributed by atoms with van der Waals surface area (Å²) < 4.78 is 53.6. The molecule has 36 heavy (non-hydrogen) atoms. The number of nitrogens with one attached hydrogen (secondary N) is 1. The van der Waals surface area contributed by atoms with Gasteiger partial charge in [0.15, 0.2) is 0 Å². The van der Waals surface area contributed by atoms with Gasteiger partial charge in [-0.05, 0) is 56.2 Å². The van der Waals surface area contributed by atoms with Crippen molar-refractivity contribution in [3.8, 4) is 11.1 Å². The number of carbonyl (C=O) groups is 1. The van der Waals surface area contributed by atoms with Crippen LogP contribution in [0.2, 0.25) is 0 Å². The molecule has 3 aromatic rings. The maximum absolute atomic E-state index is 15.1. The Bertz CT molecular complexity index is 1440. The van der Waals surface area contributed by atoms with E-state index in [4.69, 9.17) is 9.47 Å². The summed E-state index contributed by atoms with van der Waals surface area (Å²) in [5, 5.41) is 2.76. The van der Waals surface area contributed by atoms with Crippen molar-refractivity contribution in [2.75, 3.05) is 20.3 Å². The van der Waals surface area contributed by atoms with Gasteiger partial charge in [0.1, 0.15) is 10.8 Å². The Balaban J connectivity index is 1.72. The lowest BCUT2D eigenvalue weighted by Gasteiger charge is -2.30. The van der Waals surface area contributed by atoms with Gasteiger partial charge in [-0.2, -0.15) is 0 Å². The number of sulfonamides is 1. The van der Waals surface area contributed by atoms with E-state index >= 15 is 4.39 Å². The van der Waals surface area contributed by atoms with E-state index in [1.807, 2.05) is 0 Å². The monoisotopic (exact) mass is 534 g/mol. The number of benzene rings is 2. The Labute approximate surface area is 212 Å². The lowest BCUT2D eigenvalue weighted by molar-refractivity contribution is 0.0630. The van der Waals surface area contributed by atoms with Crippen LogP contribution in [0.3, 0.4) is 0 Å². The number of hydrogen-bond acceptors (Lipinski definition) is 8. The summed E-state index contributed by atoms with van der Waals surface area (Å²) in [4.78, 5) is 25.8. The topological polar surface area (TPSA) is 115 Å². The molecule has 2 aromatic carbocycles. The zero-order valence-electron chi connectivity index (χ0n) is 20.1. The van der Waals surface area contributed by atoms with Crippen LogP contribution in [-0.4, -0.2) is 56.4 Å². The molecule has 191 valence electrons. The Hall–Kier alpha value is -2.93. The van der Waals surface area contributed by atoms with Crippen LogP contribution in [0.4, 0.5) is 4.39 Å². The van der Waals surface area contributed by atoms with Crippen molar-refractivity contribution in [3.63, 3.8) is 0 Å². The van der Waals surface area contributed by atoms with E-state index < -0.39 is 20.8 Å². The van der Waals surface area contributed by atoms with E-state index in [0.29, 0.717) is 32.2 Å². The first-order valence-corrected chi connectivity index (χ1v) is 13.4. The number of fused-ring (bicyclic) bond motifs is 2. The highest BCUT2D eigenvalue weighted by atomic mass is 32.2. The molecule has 1 radical (unpaired) electrons. The zero-order valence-corrected chi connectivity index (χ0v) is 21.8. The van der Waals surface area contributed by atoms with Crippen molar-refractivity contribution in [1.82, 2.24) is 14.6 Å². The molecule has 1 N–H and O–H groups in total. The van der Waals surface area contributed by atoms with Gasteiger partial charge in [0, 0.05) is 24.8 Å². The first-order chi connectivity index (χ1) is 17.0. The van der Waals surface area contributed by atoms with Gasteiger partial charge >= 0.3 is 6.41 Å². The fraction of sp³-hybridized carbons (Fsp3) is 0.375. The minimum atomic E-state index is -4.42. The second-order valence-electron chi connectivity index (χ2n) is 8.61. The summed E-state index contributed by atoms with van der Waals surface area (Å²) >= 11 is 0.953. The van der Waals surface area contributed by atoms with Crippen LogP contribution in [0.5, 0.6) is 0 Å². The van der Waals surface area contributed by atoms with Crippen molar-refractivity contribution in [2.24, 2.45) is 0 Å². The molecule has 0 saturated heterocycles. The second kappa shape index (κ2) is 9.85. The predicted octanol–water partition coefficient (Wildman–Crippen LogP) is 3.29. The molecule has 1 aromatic heterocycles. The standard InChI is InChI=1S/C24H25FN3O6S2/c1-14(2)34-8-7-28(13-29)36(31,32)24(3,33-4)23-27-20-10-18(19(25)11-21(20)35-23)15-5-6-17-16(9-15)12-26-22(17)30/h5-6,9-11,14H,7-8,12H2,1-4H3,(H,26,30). The summed E-state index contributed by atoms with van der Waals surface area (Å²) in [5.41, 5.74) is 2.50. The average Bonchev–Trinajstić information content (AvgIpc) is 3.43. The Morgan fingerprint density at radius 2 is 2.03 bits per heavy atom. The largest absolute Gasteiger partial charge is 0.377 e.